The third-order valence-corrected chi connectivity index (χ3v) is 7.12. The molecule has 3 rings (SSSR count). The summed E-state index contributed by atoms with van der Waals surface area (Å²) in [6, 6.07) is 0.105. The summed E-state index contributed by atoms with van der Waals surface area (Å²) in [5.74, 6) is 0.0981. The highest BCUT2D eigenvalue weighted by Gasteiger charge is 2.38. The second kappa shape index (κ2) is 10.6. The number of nitrogens with one attached hydrogen (secondary N) is 1. The number of hydrogen-bond donors (Lipinski definition) is 2. The van der Waals surface area contributed by atoms with E-state index in [0.29, 0.717) is 31.5 Å². The molecule has 3 N–H and O–H groups in total. The van der Waals surface area contributed by atoms with Crippen LogP contribution in [-0.4, -0.2) is 55.1 Å². The molecule has 1 heterocycles. The Hall–Kier alpha value is -1.14. The average molecular weight is 394 g/mol. The number of likely N-dealkylation sites (tertiary alicyclic amines) is 1. The molecule has 3 atom stereocenters. The lowest BCUT2D eigenvalue weighted by Crippen LogP contribution is -2.57. The highest BCUT2D eigenvalue weighted by atomic mass is 16.5. The number of nitrogens with zero attached hydrogens (tertiary/aromatic N) is 1. The molecule has 2 aliphatic carbocycles. The van der Waals surface area contributed by atoms with Crippen molar-refractivity contribution >= 4 is 11.9 Å². The molecule has 3 aliphatic rings. The monoisotopic (exact) mass is 393 g/mol. The van der Waals surface area contributed by atoms with Crippen molar-refractivity contribution in [3.8, 4) is 0 Å². The van der Waals surface area contributed by atoms with E-state index in [2.05, 4.69) is 5.32 Å². The maximum atomic E-state index is 13.5. The van der Waals surface area contributed by atoms with Crippen LogP contribution in [0.3, 0.4) is 0 Å². The predicted octanol–water partition coefficient (Wildman–Crippen LogP) is 2.60. The van der Waals surface area contributed by atoms with Crippen molar-refractivity contribution in [3.05, 3.63) is 0 Å². The van der Waals surface area contributed by atoms with Crippen LogP contribution in [0.25, 0.3) is 0 Å². The highest BCUT2D eigenvalue weighted by Crippen LogP contribution is 2.29. The summed E-state index contributed by atoms with van der Waals surface area (Å²) in [6.07, 6.45) is 14.1. The van der Waals surface area contributed by atoms with Gasteiger partial charge in [0.05, 0.1) is 19.1 Å². The number of methoxy groups -OCH3 is 1. The zero-order chi connectivity index (χ0) is 19.9. The van der Waals surface area contributed by atoms with Crippen molar-refractivity contribution in [2.24, 2.45) is 17.6 Å². The van der Waals surface area contributed by atoms with E-state index in [1.165, 1.54) is 71.3 Å². The number of esters is 1. The van der Waals surface area contributed by atoms with E-state index in [1.807, 2.05) is 4.90 Å². The molecule has 2 unspecified atom stereocenters. The first-order valence-electron chi connectivity index (χ1n) is 11.5. The minimum Gasteiger partial charge on any atom is -0.469 e. The van der Waals surface area contributed by atoms with E-state index < -0.39 is 5.92 Å². The first kappa shape index (κ1) is 21.6. The van der Waals surface area contributed by atoms with Crippen LogP contribution in [0.5, 0.6) is 0 Å². The number of carbonyl (C=O) groups excluding carboxylic acids is 2. The smallest absolute Gasteiger partial charge is 0.312 e. The summed E-state index contributed by atoms with van der Waals surface area (Å²) in [5.41, 5.74) is 6.14. The molecule has 6 heteroatoms. The van der Waals surface area contributed by atoms with Gasteiger partial charge in [-0.1, -0.05) is 51.4 Å². The van der Waals surface area contributed by atoms with Crippen molar-refractivity contribution in [1.82, 2.24) is 10.2 Å². The summed E-state index contributed by atoms with van der Waals surface area (Å²) < 4.78 is 4.92. The van der Waals surface area contributed by atoms with Gasteiger partial charge >= 0.3 is 5.97 Å². The molecule has 0 radical (unpaired) electrons. The minimum absolute atomic E-state index is 0.126. The summed E-state index contributed by atoms with van der Waals surface area (Å²) in [5, 5.41) is 3.73. The van der Waals surface area contributed by atoms with Gasteiger partial charge in [-0.05, 0) is 31.6 Å². The van der Waals surface area contributed by atoms with Crippen molar-refractivity contribution in [1.29, 1.82) is 0 Å². The number of piperidine rings is 1. The Morgan fingerprint density at radius 3 is 2.32 bits per heavy atom. The summed E-state index contributed by atoms with van der Waals surface area (Å²) in [7, 11) is 1.40. The minimum atomic E-state index is -0.410. The topological polar surface area (TPSA) is 84.7 Å². The second-order valence-electron chi connectivity index (χ2n) is 9.16. The summed E-state index contributed by atoms with van der Waals surface area (Å²) in [4.78, 5) is 27.4. The number of ether oxygens (including phenoxy) is 1. The number of carbonyl (C=O) groups is 2. The van der Waals surface area contributed by atoms with Gasteiger partial charge in [0, 0.05) is 25.2 Å². The molecule has 0 spiro atoms. The van der Waals surface area contributed by atoms with Gasteiger partial charge in [0.1, 0.15) is 0 Å². The molecule has 0 bridgehead atoms. The van der Waals surface area contributed by atoms with Gasteiger partial charge in [-0.25, -0.2) is 0 Å². The quantitative estimate of drug-likeness (QED) is 0.678. The van der Waals surface area contributed by atoms with Gasteiger partial charge in [-0.2, -0.15) is 0 Å². The van der Waals surface area contributed by atoms with E-state index in [4.69, 9.17) is 10.5 Å². The van der Waals surface area contributed by atoms with Crippen LogP contribution in [0.15, 0.2) is 0 Å². The van der Waals surface area contributed by atoms with Gasteiger partial charge in [-0.3, -0.25) is 9.59 Å². The van der Waals surface area contributed by atoms with E-state index >= 15 is 0 Å². The maximum Gasteiger partial charge on any atom is 0.312 e. The van der Waals surface area contributed by atoms with E-state index in [0.717, 1.165) is 6.42 Å². The lowest BCUT2D eigenvalue weighted by atomic mass is 9.83. The fourth-order valence-electron chi connectivity index (χ4n) is 5.34. The molecule has 2 saturated carbocycles. The lowest BCUT2D eigenvalue weighted by molar-refractivity contribution is -0.150. The van der Waals surface area contributed by atoms with Crippen LogP contribution in [0.2, 0.25) is 0 Å². The van der Waals surface area contributed by atoms with Crippen LogP contribution in [0.1, 0.15) is 77.0 Å². The largest absolute Gasteiger partial charge is 0.469 e. The zero-order valence-electron chi connectivity index (χ0n) is 17.5. The first-order chi connectivity index (χ1) is 13.6. The third-order valence-electron chi connectivity index (χ3n) is 7.12. The predicted molar refractivity (Wildman–Crippen MR) is 110 cm³/mol. The van der Waals surface area contributed by atoms with E-state index in [9.17, 15) is 9.59 Å². The molecular formula is C22H39N3O3. The molecule has 0 aromatic heterocycles. The second-order valence-corrected chi connectivity index (χ2v) is 9.16. The van der Waals surface area contributed by atoms with Gasteiger partial charge in [0.15, 0.2) is 0 Å². The molecule has 0 aromatic carbocycles. The third kappa shape index (κ3) is 5.69. The Labute approximate surface area is 169 Å². The van der Waals surface area contributed by atoms with Crippen LogP contribution < -0.4 is 11.1 Å². The molecule has 1 amide bonds. The van der Waals surface area contributed by atoms with Crippen molar-refractivity contribution in [2.45, 2.75) is 95.2 Å². The molecule has 1 aliphatic heterocycles. The fourth-order valence-corrected chi connectivity index (χ4v) is 5.34. The van der Waals surface area contributed by atoms with Crippen LogP contribution in [-0.2, 0) is 14.3 Å². The number of amides is 1. The van der Waals surface area contributed by atoms with E-state index in [-0.39, 0.29) is 24.0 Å². The number of rotatable bonds is 6. The van der Waals surface area contributed by atoms with Crippen molar-refractivity contribution in [3.63, 3.8) is 0 Å². The average Bonchev–Trinajstić information content (AvgIpc) is 2.74. The van der Waals surface area contributed by atoms with Crippen molar-refractivity contribution in [2.75, 3.05) is 20.2 Å². The first-order valence-corrected chi connectivity index (χ1v) is 11.5. The van der Waals surface area contributed by atoms with E-state index in [1.54, 1.807) is 0 Å². The molecule has 0 aromatic rings. The molecular weight excluding hydrogens is 354 g/mol. The standard InChI is InChI=1S/C22H39N3O3/c1-28-22(27)18-15-25(13-12-19(18)23)21(26)20(14-16-8-4-2-5-9-16)24-17-10-6-3-7-11-17/h16-20,24H,2-15,23H2,1H3/t18?,19?,20-/m1/s1. The Morgan fingerprint density at radius 1 is 1.04 bits per heavy atom. The molecule has 1 saturated heterocycles. The summed E-state index contributed by atoms with van der Waals surface area (Å²) >= 11 is 0. The van der Waals surface area contributed by atoms with Crippen LogP contribution in [0, 0.1) is 11.8 Å². The van der Waals surface area contributed by atoms with Gasteiger partial charge in [-0.15, -0.1) is 0 Å². The lowest BCUT2D eigenvalue weighted by Gasteiger charge is -2.39. The van der Waals surface area contributed by atoms with Gasteiger partial charge < -0.3 is 20.7 Å². The normalized spacial score (nSPS) is 28.7. The number of nitrogens with two attached hydrogens (primary N) is 1. The molecule has 28 heavy (non-hydrogen) atoms. The summed E-state index contributed by atoms with van der Waals surface area (Å²) in [6.45, 7) is 1.03. The fraction of sp³-hybridized carbons (Fsp3) is 0.909. The van der Waals surface area contributed by atoms with Gasteiger partial charge in [0.25, 0.3) is 0 Å². The van der Waals surface area contributed by atoms with Gasteiger partial charge in [0.2, 0.25) is 5.91 Å². The molecule has 160 valence electrons. The molecule has 3 fully saturated rings. The maximum absolute atomic E-state index is 13.5. The molecule has 6 nitrogen and oxygen atoms in total. The highest BCUT2D eigenvalue weighted by molar-refractivity contribution is 5.83. The zero-order valence-corrected chi connectivity index (χ0v) is 17.5. The number of hydrogen-bond acceptors (Lipinski definition) is 5. The Bertz CT molecular complexity index is 495. The van der Waals surface area contributed by atoms with Crippen LogP contribution >= 0.6 is 0 Å². The Balaban J connectivity index is 1.66. The Kier molecular flexibility index (Phi) is 8.15. The van der Waals surface area contributed by atoms with Crippen LogP contribution in [0.4, 0.5) is 0 Å². The Morgan fingerprint density at radius 2 is 1.68 bits per heavy atom. The van der Waals surface area contributed by atoms with Crippen molar-refractivity contribution < 1.29 is 14.3 Å². The SMILES string of the molecule is COC(=O)C1CN(C(=O)[C@@H](CC2CCCCC2)NC2CCCCC2)CCC1N.